The second-order valence-corrected chi connectivity index (χ2v) is 9.86. The van der Waals surface area contributed by atoms with Gasteiger partial charge in [0.05, 0.1) is 23.5 Å². The summed E-state index contributed by atoms with van der Waals surface area (Å²) < 4.78 is 47.1. The van der Waals surface area contributed by atoms with Gasteiger partial charge in [-0.1, -0.05) is 6.92 Å². The van der Waals surface area contributed by atoms with E-state index in [-0.39, 0.29) is 42.1 Å². The minimum Gasteiger partial charge on any atom is -0.466 e. The van der Waals surface area contributed by atoms with Crippen molar-refractivity contribution in [3.05, 3.63) is 29.6 Å². The van der Waals surface area contributed by atoms with Crippen LogP contribution in [0.2, 0.25) is 0 Å². The molecule has 1 atom stereocenters. The first-order valence-electron chi connectivity index (χ1n) is 11.1. The quantitative estimate of drug-likeness (QED) is 0.498. The predicted octanol–water partition coefficient (Wildman–Crippen LogP) is 2.39. The molecule has 1 aromatic rings. The lowest BCUT2D eigenvalue weighted by Gasteiger charge is -2.30. The maximum absolute atomic E-state index is 14.6. The van der Waals surface area contributed by atoms with Gasteiger partial charge in [-0.15, -0.1) is 0 Å². The lowest BCUT2D eigenvalue weighted by Crippen LogP contribution is -2.44. The van der Waals surface area contributed by atoms with E-state index < -0.39 is 27.7 Å². The van der Waals surface area contributed by atoms with Gasteiger partial charge < -0.3 is 9.64 Å². The molecule has 8 nitrogen and oxygen atoms in total. The molecule has 0 aromatic heterocycles. The van der Waals surface area contributed by atoms with E-state index in [1.165, 1.54) is 4.90 Å². The molecule has 1 aliphatic heterocycles. The Labute approximate surface area is 190 Å². The van der Waals surface area contributed by atoms with Crippen LogP contribution in [0.15, 0.2) is 23.1 Å². The highest BCUT2D eigenvalue weighted by Gasteiger charge is 2.30. The van der Waals surface area contributed by atoms with Gasteiger partial charge >= 0.3 is 5.97 Å². The van der Waals surface area contributed by atoms with E-state index in [1.54, 1.807) is 20.8 Å². The number of halogens is 1. The van der Waals surface area contributed by atoms with E-state index in [4.69, 9.17) is 4.74 Å². The summed E-state index contributed by atoms with van der Waals surface area (Å²) in [6.45, 7) is 9.45. The SMILES string of the molecule is CCOC(=O)CCN(CC1CCCN1CC)C(=O)c1cc(S(=O)(=O)NC(C)C)ccc1F. The molecule has 1 aliphatic rings. The molecule has 180 valence electrons. The van der Waals surface area contributed by atoms with Crippen molar-refractivity contribution >= 4 is 21.9 Å². The van der Waals surface area contributed by atoms with Crippen LogP contribution in [0.25, 0.3) is 0 Å². The van der Waals surface area contributed by atoms with Crippen LogP contribution >= 0.6 is 0 Å². The minimum atomic E-state index is -3.90. The number of nitrogens with one attached hydrogen (secondary N) is 1. The zero-order valence-electron chi connectivity index (χ0n) is 19.3. The number of amides is 1. The van der Waals surface area contributed by atoms with Crippen molar-refractivity contribution in [2.45, 2.75) is 63.9 Å². The molecule has 10 heteroatoms. The number of likely N-dealkylation sites (tertiary alicyclic amines) is 1. The third-order valence-corrected chi connectivity index (χ3v) is 7.04. The topological polar surface area (TPSA) is 96.0 Å². The normalized spacial score (nSPS) is 17.0. The van der Waals surface area contributed by atoms with Crippen LogP contribution < -0.4 is 4.72 Å². The van der Waals surface area contributed by atoms with Gasteiger partial charge in [0.1, 0.15) is 5.82 Å². The van der Waals surface area contributed by atoms with Crippen molar-refractivity contribution in [1.29, 1.82) is 0 Å². The first-order valence-corrected chi connectivity index (χ1v) is 12.6. The van der Waals surface area contributed by atoms with Gasteiger partial charge in [0.15, 0.2) is 0 Å². The van der Waals surface area contributed by atoms with Crippen LogP contribution in [-0.4, -0.2) is 75.0 Å². The number of carbonyl (C=O) groups excluding carboxylic acids is 2. The fourth-order valence-corrected chi connectivity index (χ4v) is 5.17. The predicted molar refractivity (Wildman–Crippen MR) is 119 cm³/mol. The minimum absolute atomic E-state index is 0.0209. The molecular formula is C22H34FN3O5S. The Morgan fingerprint density at radius 3 is 2.66 bits per heavy atom. The Morgan fingerprint density at radius 1 is 1.31 bits per heavy atom. The Kier molecular flexibility index (Phi) is 9.60. The molecule has 2 rings (SSSR count). The van der Waals surface area contributed by atoms with Crippen LogP contribution in [0.3, 0.4) is 0 Å². The molecular weight excluding hydrogens is 437 g/mol. The lowest BCUT2D eigenvalue weighted by atomic mass is 10.1. The summed E-state index contributed by atoms with van der Waals surface area (Å²) in [6, 6.07) is 2.93. The molecule has 1 amide bonds. The Bertz CT molecular complexity index is 907. The number of sulfonamides is 1. The van der Waals surface area contributed by atoms with Crippen LogP contribution in [0, 0.1) is 5.82 Å². The molecule has 1 heterocycles. The number of nitrogens with zero attached hydrogens (tertiary/aromatic N) is 2. The zero-order valence-corrected chi connectivity index (χ0v) is 20.1. The van der Waals surface area contributed by atoms with Crippen LogP contribution in [0.5, 0.6) is 0 Å². The number of esters is 1. The molecule has 32 heavy (non-hydrogen) atoms. The fourth-order valence-electron chi connectivity index (χ4n) is 3.89. The first-order chi connectivity index (χ1) is 15.1. The summed E-state index contributed by atoms with van der Waals surface area (Å²) in [5.41, 5.74) is -0.332. The van der Waals surface area contributed by atoms with Gasteiger partial charge in [0.2, 0.25) is 10.0 Å². The average molecular weight is 472 g/mol. The van der Waals surface area contributed by atoms with Crippen molar-refractivity contribution in [1.82, 2.24) is 14.5 Å². The van der Waals surface area contributed by atoms with E-state index in [1.807, 2.05) is 6.92 Å². The number of hydrogen-bond acceptors (Lipinski definition) is 6. The molecule has 0 spiro atoms. The highest BCUT2D eigenvalue weighted by atomic mass is 32.2. The first kappa shape index (κ1) is 26.2. The highest BCUT2D eigenvalue weighted by Crippen LogP contribution is 2.21. The summed E-state index contributed by atoms with van der Waals surface area (Å²) in [5, 5.41) is 0. The second kappa shape index (κ2) is 11.7. The maximum atomic E-state index is 14.6. The Balaban J connectivity index is 2.32. The summed E-state index contributed by atoms with van der Waals surface area (Å²) in [4.78, 5) is 28.7. The van der Waals surface area contributed by atoms with E-state index in [0.29, 0.717) is 6.54 Å². The summed E-state index contributed by atoms with van der Waals surface area (Å²) >= 11 is 0. The van der Waals surface area contributed by atoms with Crippen molar-refractivity contribution < 1.29 is 27.1 Å². The number of benzene rings is 1. The second-order valence-electron chi connectivity index (χ2n) is 8.15. The molecule has 1 unspecified atom stereocenters. The van der Waals surface area contributed by atoms with Gasteiger partial charge in [-0.25, -0.2) is 17.5 Å². The third kappa shape index (κ3) is 6.98. The third-order valence-electron chi connectivity index (χ3n) is 5.38. The van der Waals surface area contributed by atoms with E-state index in [2.05, 4.69) is 9.62 Å². The Hall–Kier alpha value is -2.04. The van der Waals surface area contributed by atoms with Crippen LogP contribution in [0.4, 0.5) is 4.39 Å². The zero-order chi connectivity index (χ0) is 23.9. The van der Waals surface area contributed by atoms with Gasteiger partial charge in [0, 0.05) is 25.2 Å². The average Bonchev–Trinajstić information content (AvgIpc) is 3.17. The smallest absolute Gasteiger partial charge is 0.307 e. The van der Waals surface area contributed by atoms with Crippen molar-refractivity contribution in [2.75, 3.05) is 32.8 Å². The monoisotopic (exact) mass is 471 g/mol. The van der Waals surface area contributed by atoms with Crippen molar-refractivity contribution in [3.63, 3.8) is 0 Å². The number of likely N-dealkylation sites (N-methyl/N-ethyl adjacent to an activating group) is 1. The maximum Gasteiger partial charge on any atom is 0.307 e. The number of carbonyl (C=O) groups is 2. The molecule has 1 aromatic carbocycles. The number of hydrogen-bond donors (Lipinski definition) is 1. The van der Waals surface area contributed by atoms with E-state index >= 15 is 0 Å². The molecule has 1 N–H and O–H groups in total. The number of ether oxygens (including phenoxy) is 1. The molecule has 0 bridgehead atoms. The molecule has 1 fully saturated rings. The van der Waals surface area contributed by atoms with Crippen LogP contribution in [-0.2, 0) is 19.6 Å². The summed E-state index contributed by atoms with van der Waals surface area (Å²) in [5.74, 6) is -1.89. The highest BCUT2D eigenvalue weighted by molar-refractivity contribution is 7.89. The molecule has 0 saturated carbocycles. The molecule has 1 saturated heterocycles. The van der Waals surface area contributed by atoms with Crippen LogP contribution in [0.1, 0.15) is 57.3 Å². The lowest BCUT2D eigenvalue weighted by molar-refractivity contribution is -0.143. The number of rotatable bonds is 11. The van der Waals surface area contributed by atoms with Crippen molar-refractivity contribution in [2.24, 2.45) is 0 Å². The fraction of sp³-hybridized carbons (Fsp3) is 0.636. The van der Waals surface area contributed by atoms with Gasteiger partial charge in [-0.05, 0) is 64.9 Å². The molecule has 0 aliphatic carbocycles. The van der Waals surface area contributed by atoms with E-state index in [0.717, 1.165) is 44.1 Å². The standard InChI is InChI=1S/C22H34FN3O5S/c1-5-25-12-7-8-17(25)15-26(13-11-21(27)31-6-2)22(28)19-14-18(9-10-20(19)23)32(29,30)24-16(3)4/h9-10,14,16-17,24H,5-8,11-13,15H2,1-4H3. The summed E-state index contributed by atoms with van der Waals surface area (Å²) in [7, 11) is -3.90. The van der Waals surface area contributed by atoms with E-state index in [9.17, 15) is 22.4 Å². The van der Waals surface area contributed by atoms with Gasteiger partial charge in [-0.2, -0.15) is 0 Å². The molecule has 0 radical (unpaired) electrons. The summed E-state index contributed by atoms with van der Waals surface area (Å²) in [6.07, 6.45) is 1.88. The largest absolute Gasteiger partial charge is 0.466 e. The van der Waals surface area contributed by atoms with Gasteiger partial charge in [0.25, 0.3) is 5.91 Å². The van der Waals surface area contributed by atoms with Gasteiger partial charge in [-0.3, -0.25) is 14.5 Å². The van der Waals surface area contributed by atoms with Crippen molar-refractivity contribution in [3.8, 4) is 0 Å². The Morgan fingerprint density at radius 2 is 2.03 bits per heavy atom.